The van der Waals surface area contributed by atoms with Crippen molar-refractivity contribution in [2.45, 2.75) is 12.8 Å². The van der Waals surface area contributed by atoms with E-state index >= 15 is 0 Å². The number of nitrogens with zero attached hydrogens (tertiary/aromatic N) is 1. The average molecular weight is 407 g/mol. The molecule has 0 aliphatic heterocycles. The van der Waals surface area contributed by atoms with Gasteiger partial charge in [-0.2, -0.15) is 0 Å². The molecule has 0 heterocycles. The van der Waals surface area contributed by atoms with E-state index in [2.05, 4.69) is 37.9 Å². The Morgan fingerprint density at radius 1 is 1.10 bits per heavy atom. The second-order valence-corrected chi connectivity index (χ2v) is 6.44. The van der Waals surface area contributed by atoms with Gasteiger partial charge < -0.3 is 9.64 Å². The number of benzene rings is 1. The summed E-state index contributed by atoms with van der Waals surface area (Å²) in [5.41, 5.74) is 2.98. The van der Waals surface area contributed by atoms with Gasteiger partial charge in [-0.25, -0.2) is 4.79 Å². The Morgan fingerprint density at radius 2 is 1.65 bits per heavy atom. The van der Waals surface area contributed by atoms with E-state index in [1.807, 2.05) is 31.1 Å². The fraction of sp³-hybridized carbons (Fsp3) is 0.533. The highest BCUT2D eigenvalue weighted by molar-refractivity contribution is 9.09. The summed E-state index contributed by atoms with van der Waals surface area (Å²) in [5, 5.41) is 1.78. The van der Waals surface area contributed by atoms with Gasteiger partial charge in [-0.15, -0.1) is 0 Å². The number of aryl methyl sites for hydroxylation is 2. The van der Waals surface area contributed by atoms with E-state index in [1.165, 1.54) is 11.1 Å². The first kappa shape index (κ1) is 17.7. The van der Waals surface area contributed by atoms with Gasteiger partial charge in [0.25, 0.3) is 0 Å². The van der Waals surface area contributed by atoms with Crippen LogP contribution in [0.15, 0.2) is 18.2 Å². The number of alkyl halides is 2. The van der Waals surface area contributed by atoms with Crippen LogP contribution in [-0.4, -0.2) is 48.8 Å². The van der Waals surface area contributed by atoms with E-state index in [0.29, 0.717) is 12.2 Å². The summed E-state index contributed by atoms with van der Waals surface area (Å²) in [7, 11) is 3.91. The van der Waals surface area contributed by atoms with Crippen molar-refractivity contribution >= 4 is 37.8 Å². The van der Waals surface area contributed by atoms with Crippen molar-refractivity contribution < 1.29 is 9.53 Å². The molecule has 3 nitrogen and oxygen atoms in total. The van der Waals surface area contributed by atoms with Gasteiger partial charge in [-0.05, 0) is 50.2 Å². The minimum atomic E-state index is -0.237. The van der Waals surface area contributed by atoms with Gasteiger partial charge in [-0.1, -0.05) is 37.9 Å². The van der Waals surface area contributed by atoms with E-state index < -0.39 is 0 Å². The van der Waals surface area contributed by atoms with Crippen LogP contribution in [0.2, 0.25) is 0 Å². The lowest BCUT2D eigenvalue weighted by Gasteiger charge is -2.11. The molecule has 0 atom stereocenters. The Bertz CT molecular complexity index is 412. The van der Waals surface area contributed by atoms with E-state index in [-0.39, 0.29) is 5.97 Å². The van der Waals surface area contributed by atoms with Crippen molar-refractivity contribution in [1.82, 2.24) is 4.90 Å². The zero-order valence-corrected chi connectivity index (χ0v) is 15.2. The number of hydrogen-bond acceptors (Lipinski definition) is 3. The Labute approximate surface area is 137 Å². The molecule has 0 fully saturated rings. The van der Waals surface area contributed by atoms with Gasteiger partial charge in [0.1, 0.15) is 6.61 Å². The van der Waals surface area contributed by atoms with E-state index in [4.69, 9.17) is 4.74 Å². The van der Waals surface area contributed by atoms with Gasteiger partial charge in [0.05, 0.1) is 5.56 Å². The van der Waals surface area contributed by atoms with Gasteiger partial charge in [0.2, 0.25) is 0 Å². The zero-order chi connectivity index (χ0) is 15.0. The molecular formula is C15H21Br2NO2. The van der Waals surface area contributed by atoms with Crippen LogP contribution in [0.3, 0.4) is 0 Å². The highest BCUT2D eigenvalue weighted by atomic mass is 79.9. The van der Waals surface area contributed by atoms with Crippen LogP contribution in [0, 0.1) is 0 Å². The zero-order valence-electron chi connectivity index (χ0n) is 12.0. The van der Waals surface area contributed by atoms with E-state index in [0.717, 1.165) is 30.0 Å². The van der Waals surface area contributed by atoms with Crippen LogP contribution in [0.5, 0.6) is 0 Å². The van der Waals surface area contributed by atoms with Crippen LogP contribution in [0.1, 0.15) is 21.5 Å². The van der Waals surface area contributed by atoms with Crippen molar-refractivity contribution in [2.75, 3.05) is 37.9 Å². The van der Waals surface area contributed by atoms with Gasteiger partial charge in [-0.3, -0.25) is 0 Å². The van der Waals surface area contributed by atoms with Crippen LogP contribution in [0.4, 0.5) is 0 Å². The molecule has 0 aromatic heterocycles. The molecule has 0 spiro atoms. The quantitative estimate of drug-likeness (QED) is 0.490. The number of hydrogen-bond donors (Lipinski definition) is 0. The summed E-state index contributed by atoms with van der Waals surface area (Å²) in [6, 6.07) is 6.01. The average Bonchev–Trinajstić information content (AvgIpc) is 2.38. The standard InChI is InChI=1S/C15H21Br2NO2/c1-18(2)7-8-20-15(19)14-10-12(3-5-16)9-13(11-14)4-6-17/h9-11H,3-8H2,1-2H3. The SMILES string of the molecule is CN(C)CCOC(=O)c1cc(CCBr)cc(CCBr)c1. The topological polar surface area (TPSA) is 29.5 Å². The fourth-order valence-corrected chi connectivity index (χ4v) is 2.71. The van der Waals surface area contributed by atoms with E-state index in [9.17, 15) is 4.79 Å². The molecule has 0 radical (unpaired) electrons. The van der Waals surface area contributed by atoms with Gasteiger partial charge in [0.15, 0.2) is 0 Å². The molecule has 1 aromatic carbocycles. The molecule has 0 unspecified atom stereocenters. The van der Waals surface area contributed by atoms with Crippen molar-refractivity contribution in [1.29, 1.82) is 0 Å². The third kappa shape index (κ3) is 6.37. The highest BCUT2D eigenvalue weighted by Crippen LogP contribution is 2.14. The third-order valence-electron chi connectivity index (χ3n) is 2.83. The van der Waals surface area contributed by atoms with Crippen molar-refractivity contribution in [3.05, 3.63) is 34.9 Å². The van der Waals surface area contributed by atoms with Crippen LogP contribution in [-0.2, 0) is 17.6 Å². The largest absolute Gasteiger partial charge is 0.461 e. The Kier molecular flexibility index (Phi) is 8.41. The normalized spacial score (nSPS) is 10.8. The number of carbonyl (C=O) groups excluding carboxylic acids is 1. The van der Waals surface area contributed by atoms with Crippen LogP contribution < -0.4 is 0 Å². The fourth-order valence-electron chi connectivity index (χ4n) is 1.79. The molecule has 0 aliphatic rings. The molecular weight excluding hydrogens is 386 g/mol. The van der Waals surface area contributed by atoms with Crippen molar-refractivity contribution in [2.24, 2.45) is 0 Å². The molecule has 0 aliphatic carbocycles. The first-order chi connectivity index (χ1) is 9.56. The maximum absolute atomic E-state index is 12.1. The summed E-state index contributed by atoms with van der Waals surface area (Å²) < 4.78 is 5.30. The van der Waals surface area contributed by atoms with Gasteiger partial charge >= 0.3 is 5.97 Å². The lowest BCUT2D eigenvalue weighted by atomic mass is 10.0. The van der Waals surface area contributed by atoms with Crippen molar-refractivity contribution in [3.8, 4) is 0 Å². The molecule has 0 saturated carbocycles. The minimum Gasteiger partial charge on any atom is -0.461 e. The lowest BCUT2D eigenvalue weighted by Crippen LogP contribution is -2.20. The number of rotatable bonds is 8. The number of likely N-dealkylation sites (N-methyl/N-ethyl adjacent to an activating group) is 1. The third-order valence-corrected chi connectivity index (χ3v) is 3.62. The predicted octanol–water partition coefficient (Wildman–Crippen LogP) is 3.28. The van der Waals surface area contributed by atoms with Gasteiger partial charge in [0, 0.05) is 17.2 Å². The number of ether oxygens (including phenoxy) is 1. The highest BCUT2D eigenvalue weighted by Gasteiger charge is 2.10. The monoisotopic (exact) mass is 405 g/mol. The van der Waals surface area contributed by atoms with Crippen LogP contribution in [0.25, 0.3) is 0 Å². The molecule has 1 rings (SSSR count). The second-order valence-electron chi connectivity index (χ2n) is 4.86. The first-order valence-electron chi connectivity index (χ1n) is 6.63. The first-order valence-corrected chi connectivity index (χ1v) is 8.87. The maximum atomic E-state index is 12.1. The Balaban J connectivity index is 2.77. The summed E-state index contributed by atoms with van der Waals surface area (Å²) in [4.78, 5) is 14.1. The molecule has 20 heavy (non-hydrogen) atoms. The number of esters is 1. The summed E-state index contributed by atoms with van der Waals surface area (Å²) in [6.07, 6.45) is 1.82. The van der Waals surface area contributed by atoms with Crippen LogP contribution >= 0.6 is 31.9 Å². The molecule has 1 aromatic rings. The Hall–Kier alpha value is -0.390. The number of carbonyl (C=O) groups is 1. The molecule has 0 N–H and O–H groups in total. The minimum absolute atomic E-state index is 0.237. The second kappa shape index (κ2) is 9.53. The molecule has 0 bridgehead atoms. The maximum Gasteiger partial charge on any atom is 0.338 e. The summed E-state index contributed by atoms with van der Waals surface area (Å²) in [5.74, 6) is -0.237. The lowest BCUT2D eigenvalue weighted by molar-refractivity contribution is 0.0481. The smallest absolute Gasteiger partial charge is 0.338 e. The molecule has 0 amide bonds. The molecule has 0 saturated heterocycles. The summed E-state index contributed by atoms with van der Waals surface area (Å²) >= 11 is 6.88. The van der Waals surface area contributed by atoms with Crippen molar-refractivity contribution in [3.63, 3.8) is 0 Å². The molecule has 112 valence electrons. The molecule has 5 heteroatoms. The number of halogens is 2. The summed E-state index contributed by atoms with van der Waals surface area (Å²) in [6.45, 7) is 1.16. The predicted molar refractivity (Wildman–Crippen MR) is 90.3 cm³/mol. The Morgan fingerprint density at radius 3 is 2.10 bits per heavy atom. The van der Waals surface area contributed by atoms with E-state index in [1.54, 1.807) is 0 Å².